The van der Waals surface area contributed by atoms with Crippen LogP contribution in [-0.2, 0) is 11.3 Å². The van der Waals surface area contributed by atoms with Gasteiger partial charge < -0.3 is 9.84 Å². The summed E-state index contributed by atoms with van der Waals surface area (Å²) < 4.78 is 44.9. The topological polar surface area (TPSA) is 49.8 Å². The van der Waals surface area contributed by atoms with E-state index in [-0.39, 0.29) is 12.2 Å². The minimum atomic E-state index is -4.99. The predicted octanol–water partition coefficient (Wildman–Crippen LogP) is 5.55. The minimum absolute atomic E-state index is 0.264. The summed E-state index contributed by atoms with van der Waals surface area (Å²) in [6.45, 7) is -1.27. The number of hydrogen-bond acceptors (Lipinski definition) is 3. The SMILES string of the molecule is O=C(OCc1ccccc1)N(CC(O)c1ccc(-c2ccccc2)cc1)C(F)(F)F. The number of carbonyl (C=O) groups excluding carboxylic acids is 1. The van der Waals surface area contributed by atoms with E-state index >= 15 is 0 Å². The maximum absolute atomic E-state index is 13.4. The monoisotopic (exact) mass is 415 g/mol. The molecule has 3 aromatic carbocycles. The second-order valence-corrected chi connectivity index (χ2v) is 6.62. The first kappa shape index (κ1) is 21.4. The number of alkyl halides is 3. The van der Waals surface area contributed by atoms with E-state index in [4.69, 9.17) is 4.74 Å². The summed E-state index contributed by atoms with van der Waals surface area (Å²) in [6.07, 6.45) is -8.08. The quantitative estimate of drug-likeness (QED) is 0.538. The molecule has 1 atom stereocenters. The van der Waals surface area contributed by atoms with Crippen LogP contribution in [0.4, 0.5) is 18.0 Å². The zero-order valence-electron chi connectivity index (χ0n) is 15.9. The first-order valence-electron chi connectivity index (χ1n) is 9.23. The van der Waals surface area contributed by atoms with E-state index in [2.05, 4.69) is 0 Å². The van der Waals surface area contributed by atoms with Crippen molar-refractivity contribution in [1.29, 1.82) is 0 Å². The molecule has 0 spiro atoms. The molecule has 0 saturated carbocycles. The fourth-order valence-electron chi connectivity index (χ4n) is 2.89. The van der Waals surface area contributed by atoms with Crippen molar-refractivity contribution in [3.63, 3.8) is 0 Å². The number of ether oxygens (including phenoxy) is 1. The van der Waals surface area contributed by atoms with Crippen LogP contribution in [0.5, 0.6) is 0 Å². The highest BCUT2D eigenvalue weighted by Gasteiger charge is 2.43. The van der Waals surface area contributed by atoms with Crippen LogP contribution < -0.4 is 0 Å². The molecule has 3 rings (SSSR count). The first-order chi connectivity index (χ1) is 14.3. The second kappa shape index (κ2) is 9.45. The number of nitrogens with zero attached hydrogens (tertiary/aromatic N) is 1. The van der Waals surface area contributed by atoms with Crippen LogP contribution in [0.3, 0.4) is 0 Å². The third-order valence-corrected chi connectivity index (χ3v) is 4.49. The van der Waals surface area contributed by atoms with Gasteiger partial charge in [0.05, 0.1) is 12.6 Å². The summed E-state index contributed by atoms with van der Waals surface area (Å²) in [5.41, 5.74) is 2.63. The first-order valence-corrected chi connectivity index (χ1v) is 9.23. The summed E-state index contributed by atoms with van der Waals surface area (Å²) in [5, 5.41) is 10.3. The maximum atomic E-state index is 13.4. The van der Waals surface area contributed by atoms with Gasteiger partial charge in [0.2, 0.25) is 0 Å². The Kier molecular flexibility index (Phi) is 6.74. The van der Waals surface area contributed by atoms with Crippen LogP contribution in [-0.4, -0.2) is 28.9 Å². The lowest BCUT2D eigenvalue weighted by Crippen LogP contribution is -2.45. The number of rotatable bonds is 6. The molecule has 0 heterocycles. The molecule has 156 valence electrons. The molecule has 0 fully saturated rings. The number of aliphatic hydroxyl groups is 1. The molecule has 3 aromatic rings. The van der Waals surface area contributed by atoms with E-state index in [0.29, 0.717) is 5.56 Å². The van der Waals surface area contributed by atoms with E-state index in [1.807, 2.05) is 30.3 Å². The smallest absolute Gasteiger partial charge is 0.444 e. The van der Waals surface area contributed by atoms with Gasteiger partial charge in [0.15, 0.2) is 0 Å². The molecular weight excluding hydrogens is 395 g/mol. The zero-order valence-corrected chi connectivity index (χ0v) is 15.9. The molecule has 1 amide bonds. The Labute approximate surface area is 172 Å². The fraction of sp³-hybridized carbons (Fsp3) is 0.174. The molecule has 0 radical (unpaired) electrons. The molecule has 0 aromatic heterocycles. The molecule has 0 aliphatic carbocycles. The Hall–Kier alpha value is -3.32. The predicted molar refractivity (Wildman–Crippen MR) is 106 cm³/mol. The highest BCUT2D eigenvalue weighted by molar-refractivity contribution is 5.68. The van der Waals surface area contributed by atoms with Crippen LogP contribution >= 0.6 is 0 Å². The van der Waals surface area contributed by atoms with Crippen molar-refractivity contribution >= 4 is 6.09 Å². The average molecular weight is 415 g/mol. The van der Waals surface area contributed by atoms with Crippen molar-refractivity contribution in [3.8, 4) is 11.1 Å². The summed E-state index contributed by atoms with van der Waals surface area (Å²) >= 11 is 0. The lowest BCUT2D eigenvalue weighted by atomic mass is 10.0. The minimum Gasteiger partial charge on any atom is -0.444 e. The molecule has 7 heteroatoms. The molecule has 1 unspecified atom stereocenters. The van der Waals surface area contributed by atoms with Crippen LogP contribution in [0.2, 0.25) is 0 Å². The van der Waals surface area contributed by atoms with Crippen molar-refractivity contribution in [1.82, 2.24) is 4.90 Å². The summed E-state index contributed by atoms with van der Waals surface area (Å²) in [5.74, 6) is 0. The fourth-order valence-corrected chi connectivity index (χ4v) is 2.89. The number of halogens is 3. The lowest BCUT2D eigenvalue weighted by Gasteiger charge is -2.26. The van der Waals surface area contributed by atoms with Crippen molar-refractivity contribution < 1.29 is 27.8 Å². The Morgan fingerprint density at radius 3 is 1.97 bits per heavy atom. The number of hydrogen-bond donors (Lipinski definition) is 1. The lowest BCUT2D eigenvalue weighted by molar-refractivity contribution is -0.236. The van der Waals surface area contributed by atoms with Gasteiger partial charge in [-0.15, -0.1) is 13.2 Å². The summed E-state index contributed by atoms with van der Waals surface area (Å²) in [7, 11) is 0. The molecule has 30 heavy (non-hydrogen) atoms. The van der Waals surface area contributed by atoms with Crippen LogP contribution in [0.1, 0.15) is 17.2 Å². The second-order valence-electron chi connectivity index (χ2n) is 6.62. The summed E-state index contributed by atoms with van der Waals surface area (Å²) in [6, 6.07) is 24.3. The van der Waals surface area contributed by atoms with E-state index in [9.17, 15) is 23.1 Å². The van der Waals surface area contributed by atoms with E-state index in [0.717, 1.165) is 11.1 Å². The van der Waals surface area contributed by atoms with Crippen LogP contribution in [0.15, 0.2) is 84.9 Å². The molecule has 0 saturated heterocycles. The van der Waals surface area contributed by atoms with Crippen molar-refractivity contribution in [2.75, 3.05) is 6.54 Å². The van der Waals surface area contributed by atoms with Gasteiger partial charge in [-0.1, -0.05) is 84.9 Å². The van der Waals surface area contributed by atoms with Crippen molar-refractivity contribution in [2.24, 2.45) is 0 Å². The maximum Gasteiger partial charge on any atom is 0.489 e. The van der Waals surface area contributed by atoms with Crippen LogP contribution in [0.25, 0.3) is 11.1 Å². The highest BCUT2D eigenvalue weighted by Crippen LogP contribution is 2.27. The molecule has 0 bridgehead atoms. The normalized spacial score (nSPS) is 12.3. The van der Waals surface area contributed by atoms with Gasteiger partial charge in [-0.2, -0.15) is 0 Å². The van der Waals surface area contributed by atoms with Gasteiger partial charge >= 0.3 is 12.4 Å². The Morgan fingerprint density at radius 1 is 0.867 bits per heavy atom. The molecule has 0 aliphatic heterocycles. The number of benzene rings is 3. The molecular formula is C23H20F3NO3. The van der Waals surface area contributed by atoms with Gasteiger partial charge in [-0.25, -0.2) is 9.69 Å². The molecule has 4 nitrogen and oxygen atoms in total. The Bertz CT molecular complexity index is 945. The van der Waals surface area contributed by atoms with Crippen molar-refractivity contribution in [2.45, 2.75) is 19.0 Å². The zero-order chi connectivity index (χ0) is 21.6. The van der Waals surface area contributed by atoms with Gasteiger partial charge in [-0.3, -0.25) is 0 Å². The van der Waals surface area contributed by atoms with Gasteiger partial charge in [0, 0.05) is 0 Å². The molecule has 0 aliphatic rings. The van der Waals surface area contributed by atoms with Crippen molar-refractivity contribution in [3.05, 3.63) is 96.1 Å². The Morgan fingerprint density at radius 2 is 1.40 bits per heavy atom. The highest BCUT2D eigenvalue weighted by atomic mass is 19.4. The third-order valence-electron chi connectivity index (χ3n) is 4.49. The van der Waals surface area contributed by atoms with Crippen LogP contribution in [0, 0.1) is 0 Å². The van der Waals surface area contributed by atoms with Gasteiger partial charge in [-0.05, 0) is 22.3 Å². The van der Waals surface area contributed by atoms with Gasteiger partial charge in [0.1, 0.15) is 6.61 Å². The average Bonchev–Trinajstić information content (AvgIpc) is 2.76. The number of aliphatic hydroxyl groups excluding tert-OH is 1. The third kappa shape index (κ3) is 5.61. The van der Waals surface area contributed by atoms with E-state index < -0.39 is 29.9 Å². The van der Waals surface area contributed by atoms with Gasteiger partial charge in [0.25, 0.3) is 0 Å². The number of amides is 1. The largest absolute Gasteiger partial charge is 0.489 e. The summed E-state index contributed by atoms with van der Waals surface area (Å²) in [4.78, 5) is 11.6. The van der Waals surface area contributed by atoms with E-state index in [1.165, 1.54) is 12.1 Å². The number of carbonyl (C=O) groups is 1. The Balaban J connectivity index is 1.67. The standard InChI is InChI=1S/C23H20F3NO3/c24-23(25,26)27(22(29)30-16-17-7-3-1-4-8-17)15-21(28)20-13-11-19(12-14-20)18-9-5-2-6-10-18/h1-14,21,28H,15-16H2. The molecule has 1 N–H and O–H groups in total. The van der Waals surface area contributed by atoms with E-state index in [1.54, 1.807) is 42.5 Å².